The molecule has 116 valence electrons. The number of benzene rings is 1. The van der Waals surface area contributed by atoms with Crippen molar-refractivity contribution in [2.75, 3.05) is 13.6 Å². The van der Waals surface area contributed by atoms with Crippen LogP contribution in [0.15, 0.2) is 34.2 Å². The minimum atomic E-state index is -3.72. The first-order valence-corrected chi connectivity index (χ1v) is 8.55. The van der Waals surface area contributed by atoms with Crippen LogP contribution in [-0.4, -0.2) is 37.4 Å². The Bertz CT molecular complexity index is 655. The first kappa shape index (κ1) is 17.9. The summed E-state index contributed by atoms with van der Waals surface area (Å²) < 4.78 is 26.8. The number of allylic oxidation sites excluding steroid dienone is 1. The van der Waals surface area contributed by atoms with Gasteiger partial charge in [0, 0.05) is 18.1 Å². The van der Waals surface area contributed by atoms with Gasteiger partial charge in [-0.15, -0.1) is 6.58 Å². The van der Waals surface area contributed by atoms with Gasteiger partial charge in [0.2, 0.25) is 10.0 Å². The topological polar surface area (TPSA) is 74.7 Å². The van der Waals surface area contributed by atoms with Gasteiger partial charge in [-0.2, -0.15) is 0 Å². The van der Waals surface area contributed by atoms with Crippen LogP contribution < -0.4 is 0 Å². The molecule has 0 aliphatic heterocycles. The van der Waals surface area contributed by atoms with E-state index in [2.05, 4.69) is 22.5 Å². The molecule has 1 rings (SSSR count). The third kappa shape index (κ3) is 4.15. The lowest BCUT2D eigenvalue weighted by Gasteiger charge is -2.19. The molecule has 0 unspecified atom stereocenters. The predicted octanol–water partition coefficient (Wildman–Crippen LogP) is 3.04. The normalized spacial score (nSPS) is 11.6. The number of carbonyl (C=O) groups is 1. The highest BCUT2D eigenvalue weighted by Crippen LogP contribution is 2.27. The minimum Gasteiger partial charge on any atom is -0.478 e. The van der Waals surface area contributed by atoms with Crippen LogP contribution in [0.3, 0.4) is 0 Å². The molecule has 0 aliphatic rings. The predicted molar refractivity (Wildman–Crippen MR) is 85.1 cm³/mol. The number of aromatic carboxylic acids is 1. The standard InChI is InChI=1S/C14H18BrNO4S/c1-4-5-6-7-16(3)21(19,20)13-9-11(14(17)18)8-12(15)10(13)2/h4,8-9H,1,5-7H2,2-3H3,(H,17,18). The molecule has 0 saturated heterocycles. The molecule has 0 aromatic heterocycles. The van der Waals surface area contributed by atoms with E-state index in [0.29, 0.717) is 23.0 Å². The van der Waals surface area contributed by atoms with Crippen LogP contribution in [0.1, 0.15) is 28.8 Å². The average Bonchev–Trinajstić information content (AvgIpc) is 2.41. The highest BCUT2D eigenvalue weighted by molar-refractivity contribution is 9.10. The maximum absolute atomic E-state index is 12.6. The molecular formula is C14H18BrNO4S. The molecule has 0 amide bonds. The Kier molecular flexibility index (Phi) is 6.12. The third-order valence-corrected chi connectivity index (χ3v) is 5.92. The highest BCUT2D eigenvalue weighted by atomic mass is 79.9. The third-order valence-electron chi connectivity index (χ3n) is 3.11. The van der Waals surface area contributed by atoms with Gasteiger partial charge < -0.3 is 5.11 Å². The molecule has 0 saturated carbocycles. The Morgan fingerprint density at radius 3 is 2.62 bits per heavy atom. The minimum absolute atomic E-state index is 0.00961. The van der Waals surface area contributed by atoms with Crippen molar-refractivity contribution in [2.24, 2.45) is 0 Å². The fraction of sp³-hybridized carbons (Fsp3) is 0.357. The fourth-order valence-electron chi connectivity index (χ4n) is 1.79. The van der Waals surface area contributed by atoms with Crippen molar-refractivity contribution in [2.45, 2.75) is 24.7 Å². The molecule has 0 spiro atoms. The number of sulfonamides is 1. The lowest BCUT2D eigenvalue weighted by molar-refractivity contribution is 0.0696. The number of rotatable bonds is 7. The van der Waals surface area contributed by atoms with E-state index in [1.54, 1.807) is 13.0 Å². The molecular weight excluding hydrogens is 358 g/mol. The molecule has 0 atom stereocenters. The summed E-state index contributed by atoms with van der Waals surface area (Å²) in [6, 6.07) is 2.59. The van der Waals surface area contributed by atoms with E-state index < -0.39 is 16.0 Å². The summed E-state index contributed by atoms with van der Waals surface area (Å²) >= 11 is 3.21. The molecule has 21 heavy (non-hydrogen) atoms. The van der Waals surface area contributed by atoms with Gasteiger partial charge in [-0.05, 0) is 37.5 Å². The van der Waals surface area contributed by atoms with Crippen molar-refractivity contribution in [3.63, 3.8) is 0 Å². The first-order chi connectivity index (χ1) is 9.71. The van der Waals surface area contributed by atoms with E-state index in [0.717, 1.165) is 6.42 Å². The summed E-state index contributed by atoms with van der Waals surface area (Å²) in [5.41, 5.74) is 0.432. The van der Waals surface area contributed by atoms with Gasteiger partial charge in [0.05, 0.1) is 10.5 Å². The van der Waals surface area contributed by atoms with Crippen molar-refractivity contribution in [3.8, 4) is 0 Å². The highest BCUT2D eigenvalue weighted by Gasteiger charge is 2.25. The SMILES string of the molecule is C=CCCCN(C)S(=O)(=O)c1cc(C(=O)O)cc(Br)c1C. The van der Waals surface area contributed by atoms with Gasteiger partial charge in [0.1, 0.15) is 0 Å². The van der Waals surface area contributed by atoms with E-state index in [-0.39, 0.29) is 10.5 Å². The van der Waals surface area contributed by atoms with Crippen molar-refractivity contribution in [1.29, 1.82) is 0 Å². The van der Waals surface area contributed by atoms with Gasteiger partial charge in [-0.25, -0.2) is 17.5 Å². The van der Waals surface area contributed by atoms with E-state index in [1.165, 1.54) is 23.5 Å². The van der Waals surface area contributed by atoms with Crippen LogP contribution in [0.2, 0.25) is 0 Å². The maximum atomic E-state index is 12.6. The molecule has 1 N–H and O–H groups in total. The van der Waals surface area contributed by atoms with Crippen LogP contribution in [0.5, 0.6) is 0 Å². The van der Waals surface area contributed by atoms with Gasteiger partial charge in [-0.3, -0.25) is 0 Å². The Balaban J connectivity index is 3.24. The number of unbranched alkanes of at least 4 members (excludes halogenated alkanes) is 1. The Labute approximate surface area is 133 Å². The number of hydrogen-bond donors (Lipinski definition) is 1. The Morgan fingerprint density at radius 1 is 1.48 bits per heavy atom. The number of carboxylic acid groups (broad SMARTS) is 1. The molecule has 0 aliphatic carbocycles. The summed E-state index contributed by atoms with van der Waals surface area (Å²) in [6.45, 7) is 5.58. The van der Waals surface area contributed by atoms with Crippen LogP contribution in [0, 0.1) is 6.92 Å². The molecule has 5 nitrogen and oxygen atoms in total. The monoisotopic (exact) mass is 375 g/mol. The van der Waals surface area contributed by atoms with Crippen LogP contribution in [-0.2, 0) is 10.0 Å². The largest absolute Gasteiger partial charge is 0.478 e. The number of hydrogen-bond acceptors (Lipinski definition) is 3. The quantitative estimate of drug-likeness (QED) is 0.586. The van der Waals surface area contributed by atoms with Crippen molar-refractivity contribution >= 4 is 31.9 Å². The molecule has 0 bridgehead atoms. The van der Waals surface area contributed by atoms with Gasteiger partial charge >= 0.3 is 5.97 Å². The zero-order valence-corrected chi connectivity index (χ0v) is 14.4. The lowest BCUT2D eigenvalue weighted by Crippen LogP contribution is -2.28. The summed E-state index contributed by atoms with van der Waals surface area (Å²) in [5.74, 6) is -1.17. The average molecular weight is 376 g/mol. The summed E-state index contributed by atoms with van der Waals surface area (Å²) in [6.07, 6.45) is 3.11. The van der Waals surface area contributed by atoms with Gasteiger partial charge in [-0.1, -0.05) is 22.0 Å². The molecule has 1 aromatic carbocycles. The Morgan fingerprint density at radius 2 is 2.10 bits per heavy atom. The number of nitrogens with zero attached hydrogens (tertiary/aromatic N) is 1. The second kappa shape index (κ2) is 7.20. The summed E-state index contributed by atoms with van der Waals surface area (Å²) in [5, 5.41) is 9.06. The fourth-order valence-corrected chi connectivity index (χ4v) is 3.86. The van der Waals surface area contributed by atoms with Crippen LogP contribution in [0.4, 0.5) is 0 Å². The maximum Gasteiger partial charge on any atom is 0.335 e. The van der Waals surface area contributed by atoms with E-state index >= 15 is 0 Å². The van der Waals surface area contributed by atoms with E-state index in [9.17, 15) is 13.2 Å². The second-order valence-electron chi connectivity index (χ2n) is 4.64. The number of halogens is 1. The van der Waals surface area contributed by atoms with Crippen molar-refractivity contribution in [3.05, 3.63) is 40.4 Å². The van der Waals surface area contributed by atoms with Gasteiger partial charge in [0.25, 0.3) is 0 Å². The smallest absolute Gasteiger partial charge is 0.335 e. The molecule has 0 radical (unpaired) electrons. The molecule has 0 fully saturated rings. The summed E-state index contributed by atoms with van der Waals surface area (Å²) in [4.78, 5) is 11.1. The first-order valence-electron chi connectivity index (χ1n) is 6.32. The second-order valence-corrected chi connectivity index (χ2v) is 7.51. The molecule has 0 heterocycles. The van der Waals surface area contributed by atoms with Crippen molar-refractivity contribution in [1.82, 2.24) is 4.31 Å². The van der Waals surface area contributed by atoms with E-state index in [4.69, 9.17) is 5.11 Å². The zero-order chi connectivity index (χ0) is 16.2. The zero-order valence-electron chi connectivity index (χ0n) is 12.0. The lowest BCUT2D eigenvalue weighted by atomic mass is 10.1. The molecule has 1 aromatic rings. The Hall–Kier alpha value is -1.18. The van der Waals surface area contributed by atoms with Crippen LogP contribution in [0.25, 0.3) is 0 Å². The molecule has 7 heteroatoms. The summed E-state index contributed by atoms with van der Waals surface area (Å²) in [7, 11) is -2.24. The number of carboxylic acids is 1. The van der Waals surface area contributed by atoms with E-state index in [1.807, 2.05) is 0 Å². The van der Waals surface area contributed by atoms with Gasteiger partial charge in [0.15, 0.2) is 0 Å². The van der Waals surface area contributed by atoms with Crippen molar-refractivity contribution < 1.29 is 18.3 Å². The van der Waals surface area contributed by atoms with Crippen LogP contribution >= 0.6 is 15.9 Å².